The summed E-state index contributed by atoms with van der Waals surface area (Å²) in [5, 5.41) is 21.8. The zero-order valence-electron chi connectivity index (χ0n) is 28.5. The van der Waals surface area contributed by atoms with E-state index in [1.807, 2.05) is 60.7 Å². The lowest BCUT2D eigenvalue weighted by atomic mass is 9.98. The Labute approximate surface area is 289 Å². The average molecular weight is 684 g/mol. The smallest absolute Gasteiger partial charge is 0.411 e. The van der Waals surface area contributed by atoms with Crippen molar-refractivity contribution in [2.45, 2.75) is 70.5 Å². The third-order valence-corrected chi connectivity index (χ3v) is 8.62. The molecule has 14 nitrogen and oxygen atoms in total. The van der Waals surface area contributed by atoms with Crippen LogP contribution in [0.25, 0.3) is 22.2 Å². The predicted octanol–water partition coefficient (Wildman–Crippen LogP) is 4.80. The van der Waals surface area contributed by atoms with E-state index in [-0.39, 0.29) is 38.1 Å². The van der Waals surface area contributed by atoms with Crippen molar-refractivity contribution in [2.24, 2.45) is 0 Å². The number of ether oxygens (including phenoxy) is 2. The van der Waals surface area contributed by atoms with Crippen molar-refractivity contribution < 1.29 is 33.8 Å². The van der Waals surface area contributed by atoms with Gasteiger partial charge in [-0.25, -0.2) is 19.4 Å². The van der Waals surface area contributed by atoms with E-state index in [4.69, 9.17) is 19.6 Å². The first kappa shape index (κ1) is 34.2. The van der Waals surface area contributed by atoms with Gasteiger partial charge in [0.25, 0.3) is 0 Å². The Morgan fingerprint density at radius 2 is 1.82 bits per heavy atom. The highest BCUT2D eigenvalue weighted by molar-refractivity contribution is 5.97. The number of nitrogens with zero attached hydrogens (tertiary/aromatic N) is 5. The molecule has 2 aliphatic heterocycles. The summed E-state index contributed by atoms with van der Waals surface area (Å²) >= 11 is 0. The number of amides is 3. The van der Waals surface area contributed by atoms with Gasteiger partial charge in [0.05, 0.1) is 22.9 Å². The molecular weight excluding hydrogens is 642 g/mol. The van der Waals surface area contributed by atoms with E-state index in [1.165, 1.54) is 9.80 Å². The predicted molar refractivity (Wildman–Crippen MR) is 184 cm³/mol. The van der Waals surface area contributed by atoms with Crippen molar-refractivity contribution in [3.63, 3.8) is 0 Å². The third-order valence-electron chi connectivity index (χ3n) is 8.62. The topological polar surface area (TPSA) is 168 Å². The van der Waals surface area contributed by atoms with E-state index in [2.05, 4.69) is 10.6 Å². The Hall–Kier alpha value is -5.66. The Kier molecular flexibility index (Phi) is 9.62. The number of carbonyl (C=O) groups excluding carboxylic acids is 3. The van der Waals surface area contributed by atoms with Crippen LogP contribution < -0.4 is 10.6 Å². The van der Waals surface area contributed by atoms with Crippen LogP contribution in [-0.4, -0.2) is 91.6 Å². The molecular formula is C36H41N7O7. The Morgan fingerprint density at radius 1 is 1.06 bits per heavy atom. The van der Waals surface area contributed by atoms with Gasteiger partial charge in [-0.3, -0.25) is 14.4 Å². The number of carboxylic acid groups (broad SMARTS) is 1. The molecule has 50 heavy (non-hydrogen) atoms. The Balaban J connectivity index is 1.21. The number of carboxylic acids is 1. The number of rotatable bonds is 9. The van der Waals surface area contributed by atoms with Gasteiger partial charge in [-0.1, -0.05) is 48.5 Å². The maximum absolute atomic E-state index is 12.8. The number of aromatic nitrogens is 3. The molecule has 4 heterocycles. The van der Waals surface area contributed by atoms with Crippen molar-refractivity contribution in [3.8, 4) is 11.3 Å². The van der Waals surface area contributed by atoms with Crippen LogP contribution in [0.2, 0.25) is 0 Å². The van der Waals surface area contributed by atoms with Gasteiger partial charge in [0, 0.05) is 43.5 Å². The van der Waals surface area contributed by atoms with Crippen molar-refractivity contribution in [1.29, 1.82) is 0 Å². The second kappa shape index (κ2) is 14.1. The molecule has 3 N–H and O–H groups in total. The summed E-state index contributed by atoms with van der Waals surface area (Å²) < 4.78 is 12.7. The van der Waals surface area contributed by atoms with E-state index in [1.54, 1.807) is 38.6 Å². The minimum absolute atomic E-state index is 0.0600. The first-order valence-corrected chi connectivity index (χ1v) is 16.5. The van der Waals surface area contributed by atoms with Gasteiger partial charge < -0.3 is 30.1 Å². The first-order valence-electron chi connectivity index (χ1n) is 16.5. The number of fused-ring (bicyclic) bond motifs is 3. The summed E-state index contributed by atoms with van der Waals surface area (Å²) in [7, 11) is 1.66. The molecule has 1 fully saturated rings. The molecule has 2 aromatic carbocycles. The largest absolute Gasteiger partial charge is 0.480 e. The molecule has 3 atom stereocenters. The number of aliphatic carboxylic acids is 1. The summed E-state index contributed by atoms with van der Waals surface area (Å²) in [6.07, 6.45) is -0.532. The summed E-state index contributed by atoms with van der Waals surface area (Å²) in [4.78, 5) is 57.9. The molecule has 2 aromatic heterocycles. The molecule has 14 heteroatoms. The van der Waals surface area contributed by atoms with E-state index in [0.29, 0.717) is 30.0 Å². The van der Waals surface area contributed by atoms with Crippen LogP contribution >= 0.6 is 0 Å². The monoisotopic (exact) mass is 683 g/mol. The maximum Gasteiger partial charge on any atom is 0.411 e. The number of hydrogen-bond acceptors (Lipinski definition) is 9. The average Bonchev–Trinajstić information content (AvgIpc) is 3.67. The minimum Gasteiger partial charge on any atom is -0.480 e. The molecule has 262 valence electrons. The fourth-order valence-corrected chi connectivity index (χ4v) is 6.36. The second-order valence-electron chi connectivity index (χ2n) is 13.6. The Morgan fingerprint density at radius 3 is 2.56 bits per heavy atom. The number of anilines is 1. The van der Waals surface area contributed by atoms with Crippen LogP contribution in [0.15, 0.2) is 66.7 Å². The fraction of sp³-hybridized carbons (Fsp3) is 0.389. The number of nitrogens with one attached hydrogen (secondary N) is 2. The van der Waals surface area contributed by atoms with Crippen molar-refractivity contribution in [3.05, 3.63) is 78.0 Å². The molecule has 2 aliphatic rings. The minimum atomic E-state index is -1.10. The third kappa shape index (κ3) is 7.64. The fourth-order valence-electron chi connectivity index (χ4n) is 6.36. The lowest BCUT2D eigenvalue weighted by Crippen LogP contribution is -2.43. The summed E-state index contributed by atoms with van der Waals surface area (Å²) in [6, 6.07) is 18.8. The normalized spacial score (nSPS) is 18.7. The van der Waals surface area contributed by atoms with Crippen molar-refractivity contribution >= 4 is 40.8 Å². The van der Waals surface area contributed by atoms with Crippen molar-refractivity contribution in [2.75, 3.05) is 25.5 Å². The highest BCUT2D eigenvalue weighted by Gasteiger charge is 2.42. The van der Waals surface area contributed by atoms with E-state index < -0.39 is 35.8 Å². The van der Waals surface area contributed by atoms with E-state index in [9.17, 15) is 24.3 Å². The van der Waals surface area contributed by atoms with Gasteiger partial charge in [-0.2, -0.15) is 5.10 Å². The number of likely N-dealkylation sites (tertiary alicyclic amines) is 1. The van der Waals surface area contributed by atoms with Gasteiger partial charge in [0.1, 0.15) is 30.6 Å². The van der Waals surface area contributed by atoms with E-state index >= 15 is 0 Å². The zero-order chi connectivity index (χ0) is 35.6. The number of carbonyl (C=O) groups is 4. The molecule has 0 radical (unpaired) electrons. The maximum atomic E-state index is 12.8. The highest BCUT2D eigenvalue weighted by atomic mass is 16.6. The van der Waals surface area contributed by atoms with Gasteiger partial charge in [0.15, 0.2) is 0 Å². The molecule has 0 aliphatic carbocycles. The van der Waals surface area contributed by atoms with E-state index in [0.717, 1.165) is 22.2 Å². The Bertz CT molecular complexity index is 1910. The lowest BCUT2D eigenvalue weighted by molar-refractivity contribution is -0.142. The van der Waals surface area contributed by atoms with Gasteiger partial charge in [-0.05, 0) is 51.0 Å². The summed E-state index contributed by atoms with van der Waals surface area (Å²) in [6.45, 7) is 5.89. The molecule has 6 rings (SSSR count). The molecule has 3 amide bonds. The van der Waals surface area contributed by atoms with Crippen LogP contribution in [0.1, 0.15) is 50.9 Å². The van der Waals surface area contributed by atoms with Gasteiger partial charge in [-0.15, -0.1) is 0 Å². The molecule has 0 spiro atoms. The highest BCUT2D eigenvalue weighted by Crippen LogP contribution is 2.36. The van der Waals surface area contributed by atoms with Crippen LogP contribution in [0, 0.1) is 0 Å². The van der Waals surface area contributed by atoms with Gasteiger partial charge in [0.2, 0.25) is 5.91 Å². The standard InChI is InChI=1S/C36H41N7O7/c1-36(2,3)50-35(48)42-19-23(18-28(42)33(45)46)37-29-15-9-13-25(38-29)24-12-8-14-26-31(24)32-27(39-30(44)20-43(32)40-26)16-17-41(4)34(47)49-21-22-10-6-5-7-11-22/h5-15,23,27-28H,16-21H2,1-4H3,(H,37,38)(H,39,44)(H,45,46)/t23-,27?,28-/m0/s1. The molecule has 1 saturated heterocycles. The molecule has 0 bridgehead atoms. The quantitative estimate of drug-likeness (QED) is 0.223. The van der Waals surface area contributed by atoms with Crippen molar-refractivity contribution in [1.82, 2.24) is 29.9 Å². The zero-order valence-corrected chi connectivity index (χ0v) is 28.5. The second-order valence-corrected chi connectivity index (χ2v) is 13.6. The summed E-state index contributed by atoms with van der Waals surface area (Å²) in [5.41, 5.74) is 3.08. The van der Waals surface area contributed by atoms with Crippen LogP contribution in [-0.2, 0) is 32.2 Å². The van der Waals surface area contributed by atoms with Crippen LogP contribution in [0.4, 0.5) is 15.4 Å². The number of benzene rings is 2. The summed E-state index contributed by atoms with van der Waals surface area (Å²) in [5.74, 6) is -0.759. The lowest BCUT2D eigenvalue weighted by Gasteiger charge is -2.27. The molecule has 4 aromatic rings. The number of hydrogen-bond donors (Lipinski definition) is 3. The molecule has 1 unspecified atom stereocenters. The van der Waals surface area contributed by atoms with Crippen LogP contribution in [0.3, 0.4) is 0 Å². The van der Waals surface area contributed by atoms with Crippen LogP contribution in [0.5, 0.6) is 0 Å². The SMILES string of the molecule is CN(CCC1NC(=O)Cn2nc3cccc(-c4cccc(N[C@H]5C[C@@H](C(=O)O)N(C(=O)OC(C)(C)C)C5)n4)c3c21)C(=O)OCc1ccccc1. The number of pyridine rings is 1. The first-order chi connectivity index (χ1) is 23.9. The van der Waals surface area contributed by atoms with Gasteiger partial charge >= 0.3 is 18.2 Å². The molecule has 0 saturated carbocycles.